The second-order valence-electron chi connectivity index (χ2n) is 4.43. The third-order valence-electron chi connectivity index (χ3n) is 3.06. The maximum Gasteiger partial charge on any atom is 0.150 e. The summed E-state index contributed by atoms with van der Waals surface area (Å²) in [6.45, 7) is 4.67. The Hall–Kier alpha value is -2.12. The zero-order valence-corrected chi connectivity index (χ0v) is 11.9. The molecule has 0 saturated heterocycles. The molecule has 0 bridgehead atoms. The van der Waals surface area contributed by atoms with Crippen molar-refractivity contribution in [1.82, 2.24) is 14.8 Å². The first-order valence-corrected chi connectivity index (χ1v) is 6.88. The Morgan fingerprint density at radius 1 is 1.20 bits per heavy atom. The van der Waals surface area contributed by atoms with E-state index < -0.39 is 0 Å². The fourth-order valence-corrected chi connectivity index (χ4v) is 2.04. The zero-order valence-electron chi connectivity index (χ0n) is 11.9. The van der Waals surface area contributed by atoms with Gasteiger partial charge in [0, 0.05) is 18.4 Å². The van der Waals surface area contributed by atoms with Crippen molar-refractivity contribution in [1.29, 1.82) is 0 Å². The van der Waals surface area contributed by atoms with Crippen LogP contribution in [0.15, 0.2) is 24.3 Å². The molecule has 0 amide bonds. The van der Waals surface area contributed by atoms with Gasteiger partial charge in [0.15, 0.2) is 5.82 Å². The van der Waals surface area contributed by atoms with Crippen LogP contribution in [0.4, 0.5) is 0 Å². The molecule has 2 aromatic rings. The molecule has 1 aromatic heterocycles. The molecule has 1 N–H and O–H groups in total. The summed E-state index contributed by atoms with van der Waals surface area (Å²) in [5.74, 6) is 7.54. The minimum atomic E-state index is -0.127. The number of aliphatic hydroxyl groups is 1. The Morgan fingerprint density at radius 2 is 2.00 bits per heavy atom. The van der Waals surface area contributed by atoms with Crippen LogP contribution in [0.5, 0.6) is 0 Å². The summed E-state index contributed by atoms with van der Waals surface area (Å²) in [5.41, 5.74) is 2.02. The van der Waals surface area contributed by atoms with Crippen LogP contribution in [-0.2, 0) is 19.4 Å². The Balaban J connectivity index is 2.32. The molecular formula is C16H19N3O. The number of benzene rings is 1. The van der Waals surface area contributed by atoms with Gasteiger partial charge in [-0.25, -0.2) is 9.67 Å². The zero-order chi connectivity index (χ0) is 14.4. The quantitative estimate of drug-likeness (QED) is 0.861. The van der Waals surface area contributed by atoms with E-state index in [9.17, 15) is 0 Å². The van der Waals surface area contributed by atoms with Crippen molar-refractivity contribution in [3.63, 3.8) is 0 Å². The molecule has 2 rings (SSSR count). The summed E-state index contributed by atoms with van der Waals surface area (Å²) in [5, 5.41) is 13.3. The monoisotopic (exact) mass is 269 g/mol. The van der Waals surface area contributed by atoms with Crippen LogP contribution in [0.25, 0.3) is 0 Å². The van der Waals surface area contributed by atoms with Gasteiger partial charge in [0.05, 0.1) is 6.54 Å². The lowest BCUT2D eigenvalue weighted by Gasteiger charge is -2.07. The van der Waals surface area contributed by atoms with Crippen molar-refractivity contribution < 1.29 is 5.11 Å². The van der Waals surface area contributed by atoms with Gasteiger partial charge in [0.2, 0.25) is 0 Å². The van der Waals surface area contributed by atoms with Gasteiger partial charge < -0.3 is 5.11 Å². The molecular weight excluding hydrogens is 250 g/mol. The van der Waals surface area contributed by atoms with Crippen molar-refractivity contribution in [2.24, 2.45) is 0 Å². The first kappa shape index (κ1) is 14.3. The van der Waals surface area contributed by atoms with E-state index in [0.29, 0.717) is 6.54 Å². The van der Waals surface area contributed by atoms with E-state index in [1.807, 2.05) is 28.9 Å². The highest BCUT2D eigenvalue weighted by atomic mass is 16.2. The average Bonchev–Trinajstić information content (AvgIpc) is 2.88. The van der Waals surface area contributed by atoms with Gasteiger partial charge in [-0.2, -0.15) is 5.10 Å². The van der Waals surface area contributed by atoms with Gasteiger partial charge >= 0.3 is 0 Å². The fraction of sp³-hybridized carbons (Fsp3) is 0.375. The van der Waals surface area contributed by atoms with Crippen molar-refractivity contribution >= 4 is 0 Å². The summed E-state index contributed by atoms with van der Waals surface area (Å²) in [6, 6.07) is 7.93. The molecule has 4 nitrogen and oxygen atoms in total. The number of aryl methyl sites for hydroxylation is 2. The van der Waals surface area contributed by atoms with Crippen LogP contribution in [-0.4, -0.2) is 26.5 Å². The molecule has 0 aliphatic heterocycles. The first-order valence-electron chi connectivity index (χ1n) is 6.88. The van der Waals surface area contributed by atoms with Crippen LogP contribution in [0, 0.1) is 11.8 Å². The van der Waals surface area contributed by atoms with E-state index in [1.54, 1.807) is 0 Å². The Bertz CT molecular complexity index is 635. The lowest BCUT2D eigenvalue weighted by molar-refractivity contribution is 0.350. The molecule has 104 valence electrons. The van der Waals surface area contributed by atoms with Gasteiger partial charge in [-0.1, -0.05) is 43.9 Å². The molecule has 1 heterocycles. The number of aliphatic hydroxyl groups excluding tert-OH is 1. The van der Waals surface area contributed by atoms with Crippen LogP contribution >= 0.6 is 0 Å². The van der Waals surface area contributed by atoms with Crippen LogP contribution in [0.3, 0.4) is 0 Å². The van der Waals surface area contributed by atoms with Crippen LogP contribution in [0.1, 0.15) is 36.6 Å². The maximum absolute atomic E-state index is 8.82. The lowest BCUT2D eigenvalue weighted by Crippen LogP contribution is -2.07. The molecule has 20 heavy (non-hydrogen) atoms. The van der Waals surface area contributed by atoms with Gasteiger partial charge in [-0.3, -0.25) is 0 Å². The minimum absolute atomic E-state index is 0.127. The van der Waals surface area contributed by atoms with E-state index in [-0.39, 0.29) is 6.61 Å². The van der Waals surface area contributed by atoms with E-state index >= 15 is 0 Å². The molecule has 0 fully saturated rings. The number of aromatic nitrogens is 3. The summed E-state index contributed by atoms with van der Waals surface area (Å²) in [6.07, 6.45) is 1.70. The van der Waals surface area contributed by atoms with Gasteiger partial charge in [0.1, 0.15) is 12.4 Å². The average molecular weight is 269 g/mol. The number of hydrogen-bond donors (Lipinski definition) is 1. The molecule has 0 aliphatic rings. The largest absolute Gasteiger partial charge is 0.384 e. The molecule has 0 aliphatic carbocycles. The van der Waals surface area contributed by atoms with E-state index in [4.69, 9.17) is 5.11 Å². The second-order valence-corrected chi connectivity index (χ2v) is 4.43. The SMILES string of the molecule is CCc1nc(CC)n(Cc2ccccc2C#CCO)n1. The standard InChI is InChI=1S/C16H19N3O/c1-3-15-17-16(4-2)19(18-15)12-14-9-6-5-8-13(14)10-7-11-20/h5-6,8-9,20H,3-4,11-12H2,1-2H3. The van der Waals surface area contributed by atoms with E-state index in [0.717, 1.165) is 35.6 Å². The summed E-state index contributed by atoms with van der Waals surface area (Å²) in [7, 11) is 0. The van der Waals surface area contributed by atoms with Crippen molar-refractivity contribution in [2.75, 3.05) is 6.61 Å². The number of hydrogen-bond acceptors (Lipinski definition) is 3. The van der Waals surface area contributed by atoms with E-state index in [2.05, 4.69) is 35.8 Å². The molecule has 4 heteroatoms. The van der Waals surface area contributed by atoms with Gasteiger partial charge in [0.25, 0.3) is 0 Å². The van der Waals surface area contributed by atoms with Crippen molar-refractivity contribution in [2.45, 2.75) is 33.2 Å². The third kappa shape index (κ3) is 3.25. The fourth-order valence-electron chi connectivity index (χ4n) is 2.04. The van der Waals surface area contributed by atoms with Crippen molar-refractivity contribution in [3.8, 4) is 11.8 Å². The predicted molar refractivity (Wildman–Crippen MR) is 78.3 cm³/mol. The normalized spacial score (nSPS) is 10.2. The molecule has 0 saturated carbocycles. The summed E-state index contributed by atoms with van der Waals surface area (Å²) < 4.78 is 1.94. The Morgan fingerprint density at radius 3 is 2.70 bits per heavy atom. The molecule has 0 radical (unpaired) electrons. The van der Waals surface area contributed by atoms with Crippen molar-refractivity contribution in [3.05, 3.63) is 47.0 Å². The third-order valence-corrected chi connectivity index (χ3v) is 3.06. The van der Waals surface area contributed by atoms with Gasteiger partial charge in [-0.05, 0) is 11.6 Å². The lowest BCUT2D eigenvalue weighted by atomic mass is 10.1. The maximum atomic E-state index is 8.82. The van der Waals surface area contributed by atoms with Crippen LogP contribution in [0.2, 0.25) is 0 Å². The Kier molecular flexibility index (Phi) is 4.91. The Labute approximate surface area is 119 Å². The smallest absolute Gasteiger partial charge is 0.150 e. The van der Waals surface area contributed by atoms with Gasteiger partial charge in [-0.15, -0.1) is 0 Å². The van der Waals surface area contributed by atoms with Crippen LogP contribution < -0.4 is 0 Å². The summed E-state index contributed by atoms with van der Waals surface area (Å²) in [4.78, 5) is 4.51. The second kappa shape index (κ2) is 6.88. The molecule has 1 aromatic carbocycles. The molecule has 0 atom stereocenters. The minimum Gasteiger partial charge on any atom is -0.384 e. The predicted octanol–water partition coefficient (Wildman–Crippen LogP) is 1.79. The number of nitrogens with zero attached hydrogens (tertiary/aromatic N) is 3. The highest BCUT2D eigenvalue weighted by molar-refractivity contribution is 5.41. The highest BCUT2D eigenvalue weighted by Crippen LogP contribution is 2.11. The summed E-state index contributed by atoms with van der Waals surface area (Å²) >= 11 is 0. The number of rotatable bonds is 4. The molecule has 0 spiro atoms. The van der Waals surface area contributed by atoms with E-state index in [1.165, 1.54) is 0 Å². The highest BCUT2D eigenvalue weighted by Gasteiger charge is 2.09. The topological polar surface area (TPSA) is 50.9 Å². The molecule has 0 unspecified atom stereocenters. The first-order chi connectivity index (χ1) is 9.78.